The number of carbonyl (C=O) groups is 3. The van der Waals surface area contributed by atoms with Gasteiger partial charge in [0.05, 0.1) is 11.0 Å². The lowest BCUT2D eigenvalue weighted by molar-refractivity contribution is -0.384. The fourth-order valence-corrected chi connectivity index (χ4v) is 6.88. The second-order valence-corrected chi connectivity index (χ2v) is 10.5. The van der Waals surface area contributed by atoms with Gasteiger partial charge in [0.2, 0.25) is 0 Å². The summed E-state index contributed by atoms with van der Waals surface area (Å²) in [4.78, 5) is 56.2. The lowest BCUT2D eigenvalue weighted by Crippen LogP contribution is -2.48. The number of nitro groups is 1. The molecule has 3 atom stereocenters. The molecule has 1 aliphatic carbocycles. The molecule has 7 nitrogen and oxygen atoms in total. The number of rotatable bonds is 4. The maximum absolute atomic E-state index is 14.5. The molecule has 0 radical (unpaired) electrons. The summed E-state index contributed by atoms with van der Waals surface area (Å²) in [6.45, 7) is 0. The average Bonchev–Trinajstić information content (AvgIpc) is 3.43. The van der Waals surface area contributed by atoms with Crippen molar-refractivity contribution in [3.05, 3.63) is 147 Å². The highest BCUT2D eigenvalue weighted by Gasteiger charge is 2.71. The Balaban J connectivity index is 1.52. The minimum atomic E-state index is -1.70. The molecular weight excluding hydrogens is 523 g/mol. The van der Waals surface area contributed by atoms with Crippen molar-refractivity contribution in [2.75, 3.05) is 4.90 Å². The van der Waals surface area contributed by atoms with Crippen molar-refractivity contribution >= 4 is 34.8 Å². The molecule has 8 heteroatoms. The number of para-hydroxylation sites is 1. The molecule has 4 aromatic rings. The van der Waals surface area contributed by atoms with Gasteiger partial charge in [0.25, 0.3) is 5.69 Å². The van der Waals surface area contributed by atoms with E-state index < -0.39 is 39.9 Å². The zero-order chi connectivity index (χ0) is 28.5. The molecule has 0 bridgehead atoms. The van der Waals surface area contributed by atoms with Gasteiger partial charge in [-0.1, -0.05) is 66.7 Å². The summed E-state index contributed by atoms with van der Waals surface area (Å²) >= 11 is 0. The van der Waals surface area contributed by atoms with Crippen LogP contribution < -0.4 is 4.90 Å². The van der Waals surface area contributed by atoms with Gasteiger partial charge in [-0.25, -0.2) is 4.39 Å². The predicted molar refractivity (Wildman–Crippen MR) is 150 cm³/mol. The van der Waals surface area contributed by atoms with E-state index >= 15 is 0 Å². The van der Waals surface area contributed by atoms with E-state index in [0.29, 0.717) is 22.4 Å². The summed E-state index contributed by atoms with van der Waals surface area (Å²) in [5.41, 5.74) is 0.886. The van der Waals surface area contributed by atoms with Crippen LogP contribution in [-0.2, 0) is 0 Å². The van der Waals surface area contributed by atoms with E-state index in [1.807, 2.05) is 41.3 Å². The Hall–Kier alpha value is -5.24. The highest BCUT2D eigenvalue weighted by atomic mass is 19.1. The number of carbonyl (C=O) groups excluding carboxylic acids is 3. The number of fused-ring (bicyclic) bond motifs is 5. The van der Waals surface area contributed by atoms with Crippen molar-refractivity contribution in [1.29, 1.82) is 0 Å². The smallest absolute Gasteiger partial charge is 0.269 e. The van der Waals surface area contributed by atoms with Crippen LogP contribution in [0.3, 0.4) is 0 Å². The van der Waals surface area contributed by atoms with E-state index in [1.54, 1.807) is 24.3 Å². The fraction of sp³-hybridized carbons (Fsp3) is 0.121. The molecule has 0 aromatic heterocycles. The number of ketones is 3. The Labute approximate surface area is 233 Å². The summed E-state index contributed by atoms with van der Waals surface area (Å²) in [5, 5.41) is 11.3. The van der Waals surface area contributed by atoms with Gasteiger partial charge < -0.3 is 4.90 Å². The molecule has 1 spiro atoms. The molecule has 200 valence electrons. The zero-order valence-corrected chi connectivity index (χ0v) is 21.4. The van der Waals surface area contributed by atoms with Crippen LogP contribution in [0.4, 0.5) is 15.8 Å². The van der Waals surface area contributed by atoms with Gasteiger partial charge in [-0.05, 0) is 41.5 Å². The number of hydrogen-bond donors (Lipinski definition) is 0. The lowest BCUT2D eigenvalue weighted by atomic mass is 9.64. The number of Topliss-reactive ketones (excluding diaryl/α,β-unsaturated/α-hetero) is 3. The van der Waals surface area contributed by atoms with Crippen molar-refractivity contribution in [3.8, 4) is 0 Å². The van der Waals surface area contributed by atoms with Crippen LogP contribution in [-0.4, -0.2) is 34.4 Å². The van der Waals surface area contributed by atoms with Crippen LogP contribution in [0.5, 0.6) is 0 Å². The summed E-state index contributed by atoms with van der Waals surface area (Å²) < 4.78 is 14.1. The minimum Gasteiger partial charge on any atom is -0.352 e. The average molecular weight is 545 g/mol. The van der Waals surface area contributed by atoms with E-state index in [0.717, 1.165) is 5.56 Å². The Morgan fingerprint density at radius 1 is 0.829 bits per heavy atom. The predicted octanol–water partition coefficient (Wildman–Crippen LogP) is 6.05. The first kappa shape index (κ1) is 24.8. The lowest BCUT2D eigenvalue weighted by Gasteiger charge is -2.37. The molecule has 0 amide bonds. The maximum atomic E-state index is 14.5. The Bertz CT molecular complexity index is 1780. The summed E-state index contributed by atoms with van der Waals surface area (Å²) in [6, 6.07) is 23.1. The molecule has 2 aliphatic heterocycles. The third-order valence-electron chi connectivity index (χ3n) is 8.57. The van der Waals surface area contributed by atoms with Gasteiger partial charge in [0.15, 0.2) is 17.3 Å². The van der Waals surface area contributed by atoms with Crippen LogP contribution in [0.25, 0.3) is 6.08 Å². The van der Waals surface area contributed by atoms with Gasteiger partial charge >= 0.3 is 0 Å². The molecular formula is C33H21FN2O5. The Morgan fingerprint density at radius 2 is 1.44 bits per heavy atom. The van der Waals surface area contributed by atoms with E-state index in [-0.39, 0.29) is 22.8 Å². The maximum Gasteiger partial charge on any atom is 0.269 e. The van der Waals surface area contributed by atoms with Crippen molar-refractivity contribution in [3.63, 3.8) is 0 Å². The zero-order valence-electron chi connectivity index (χ0n) is 21.4. The second-order valence-electron chi connectivity index (χ2n) is 10.5. The van der Waals surface area contributed by atoms with Gasteiger partial charge in [0.1, 0.15) is 17.3 Å². The number of nitrogens with zero attached hydrogens (tertiary/aromatic N) is 2. The van der Waals surface area contributed by atoms with E-state index in [2.05, 4.69) is 0 Å². The topological polar surface area (TPSA) is 97.6 Å². The monoisotopic (exact) mass is 544 g/mol. The van der Waals surface area contributed by atoms with E-state index in [4.69, 9.17) is 0 Å². The number of anilines is 1. The van der Waals surface area contributed by atoms with Crippen molar-refractivity contribution in [2.45, 2.75) is 18.0 Å². The highest BCUT2D eigenvalue weighted by Crippen LogP contribution is 2.60. The van der Waals surface area contributed by atoms with Crippen molar-refractivity contribution in [1.82, 2.24) is 0 Å². The summed E-state index contributed by atoms with van der Waals surface area (Å²) in [5.74, 6) is -2.65. The van der Waals surface area contributed by atoms with E-state index in [1.165, 1.54) is 48.5 Å². The largest absolute Gasteiger partial charge is 0.352 e. The number of nitro benzene ring substituents is 1. The minimum absolute atomic E-state index is 0.166. The SMILES string of the molecule is O=C(c1ccc([N+](=O)[O-])cc1)[C@@H]1[C@@H](c2ccc(F)cc2)C2(C(=O)c3ccccc3C2=O)[C@@H]2C=Cc3ccccc3N12. The molecule has 1 saturated heterocycles. The molecule has 0 unspecified atom stereocenters. The molecule has 3 aliphatic rings. The van der Waals surface area contributed by atoms with Crippen LogP contribution in [0.15, 0.2) is 103 Å². The molecule has 4 aromatic carbocycles. The molecule has 7 rings (SSSR count). The van der Waals surface area contributed by atoms with Crippen molar-refractivity contribution in [2.24, 2.45) is 5.41 Å². The normalized spacial score (nSPS) is 21.5. The first-order chi connectivity index (χ1) is 19.8. The number of non-ortho nitro benzene ring substituents is 1. The van der Waals surface area contributed by atoms with Crippen LogP contribution in [0.2, 0.25) is 0 Å². The quantitative estimate of drug-likeness (QED) is 0.134. The summed E-state index contributed by atoms with van der Waals surface area (Å²) in [7, 11) is 0. The molecule has 1 fully saturated rings. The first-order valence-corrected chi connectivity index (χ1v) is 13.1. The van der Waals surface area contributed by atoms with Gasteiger partial charge in [-0.2, -0.15) is 0 Å². The first-order valence-electron chi connectivity index (χ1n) is 13.1. The molecule has 41 heavy (non-hydrogen) atoms. The van der Waals surface area contributed by atoms with Crippen molar-refractivity contribution < 1.29 is 23.7 Å². The van der Waals surface area contributed by atoms with Crippen LogP contribution in [0, 0.1) is 21.3 Å². The van der Waals surface area contributed by atoms with Gasteiger partial charge in [-0.15, -0.1) is 0 Å². The second kappa shape index (κ2) is 8.89. The third kappa shape index (κ3) is 3.34. The van der Waals surface area contributed by atoms with E-state index in [9.17, 15) is 28.9 Å². The standard InChI is InChI=1S/C33H21FN2O5/c34-22-14-9-20(10-15-22)28-29(30(37)21-11-16-23(17-12-21)36(40)41)35-26-8-4-1-5-19(26)13-18-27(35)33(28)31(38)24-6-2-3-7-25(24)32(33)39/h1-18,27-29H/t27-,28+,29-/m0/s1. The molecule has 2 heterocycles. The highest BCUT2D eigenvalue weighted by molar-refractivity contribution is 6.32. The Kier molecular flexibility index (Phi) is 5.37. The number of benzene rings is 4. The van der Waals surface area contributed by atoms with Gasteiger partial charge in [0, 0.05) is 40.4 Å². The Morgan fingerprint density at radius 3 is 2.07 bits per heavy atom. The molecule has 0 N–H and O–H groups in total. The number of halogens is 1. The third-order valence-corrected chi connectivity index (χ3v) is 8.57. The van der Waals surface area contributed by atoms with Crippen LogP contribution >= 0.6 is 0 Å². The summed E-state index contributed by atoms with van der Waals surface area (Å²) in [6.07, 6.45) is 3.67. The molecule has 0 saturated carbocycles. The number of hydrogen-bond acceptors (Lipinski definition) is 6. The fourth-order valence-electron chi connectivity index (χ4n) is 6.88. The van der Waals surface area contributed by atoms with Gasteiger partial charge in [-0.3, -0.25) is 24.5 Å². The van der Waals surface area contributed by atoms with Crippen LogP contribution in [0.1, 0.15) is 48.1 Å².